The van der Waals surface area contributed by atoms with E-state index in [9.17, 15) is 4.79 Å². The number of rotatable bonds is 6. The minimum absolute atomic E-state index is 0.0268. The SMILES string of the molecule is C=C[C@@H]1C[C@]1(N=C(c1ccccc1)c1ccccc1)C(=O)OCC. The fourth-order valence-electron chi connectivity index (χ4n) is 2.91. The number of hydrogen-bond donors (Lipinski definition) is 0. The van der Waals surface area contributed by atoms with Crippen LogP contribution in [0.3, 0.4) is 0 Å². The van der Waals surface area contributed by atoms with Crippen LogP contribution in [0, 0.1) is 5.92 Å². The Morgan fingerprint density at radius 3 is 2.12 bits per heavy atom. The third-order valence-corrected chi connectivity index (χ3v) is 4.30. The normalized spacial score (nSPS) is 21.6. The van der Waals surface area contributed by atoms with Crippen molar-refractivity contribution in [3.63, 3.8) is 0 Å². The third-order valence-electron chi connectivity index (χ3n) is 4.30. The Hall–Kier alpha value is -2.68. The summed E-state index contributed by atoms with van der Waals surface area (Å²) in [6, 6.07) is 19.9. The van der Waals surface area contributed by atoms with Gasteiger partial charge in [-0.05, 0) is 13.3 Å². The van der Waals surface area contributed by atoms with E-state index in [0.717, 1.165) is 16.8 Å². The van der Waals surface area contributed by atoms with Crippen molar-refractivity contribution >= 4 is 11.7 Å². The van der Waals surface area contributed by atoms with Crippen molar-refractivity contribution in [1.82, 2.24) is 0 Å². The maximum Gasteiger partial charge on any atom is 0.334 e. The first kappa shape index (κ1) is 16.2. The van der Waals surface area contributed by atoms with Crippen molar-refractivity contribution in [2.75, 3.05) is 6.61 Å². The number of carbonyl (C=O) groups is 1. The van der Waals surface area contributed by atoms with Gasteiger partial charge in [0, 0.05) is 17.0 Å². The van der Waals surface area contributed by atoms with Gasteiger partial charge in [-0.1, -0.05) is 66.7 Å². The largest absolute Gasteiger partial charge is 0.464 e. The fraction of sp³-hybridized carbons (Fsp3) is 0.238. The molecule has 2 aromatic rings. The summed E-state index contributed by atoms with van der Waals surface area (Å²) in [5.41, 5.74) is 1.96. The second-order valence-corrected chi connectivity index (χ2v) is 5.88. The maximum atomic E-state index is 12.5. The zero-order chi connectivity index (χ0) is 17.0. The fourth-order valence-corrected chi connectivity index (χ4v) is 2.91. The molecule has 0 unspecified atom stereocenters. The number of ether oxygens (including phenoxy) is 1. The molecule has 1 fully saturated rings. The molecule has 0 amide bonds. The Balaban J connectivity index is 2.09. The van der Waals surface area contributed by atoms with Gasteiger partial charge in [0.25, 0.3) is 0 Å². The number of aliphatic imine (C=N–C) groups is 1. The van der Waals surface area contributed by atoms with Crippen LogP contribution in [0.15, 0.2) is 78.3 Å². The average molecular weight is 319 g/mol. The molecule has 0 N–H and O–H groups in total. The molecule has 0 heterocycles. The zero-order valence-corrected chi connectivity index (χ0v) is 13.8. The van der Waals surface area contributed by atoms with E-state index in [0.29, 0.717) is 13.0 Å². The molecule has 3 heteroatoms. The average Bonchev–Trinajstić information content (AvgIpc) is 3.36. The topological polar surface area (TPSA) is 38.7 Å². The number of carbonyl (C=O) groups excluding carboxylic acids is 1. The molecule has 0 bridgehead atoms. The van der Waals surface area contributed by atoms with Gasteiger partial charge in [0.15, 0.2) is 5.54 Å². The van der Waals surface area contributed by atoms with Gasteiger partial charge in [0.05, 0.1) is 12.3 Å². The minimum atomic E-state index is -0.835. The zero-order valence-electron chi connectivity index (χ0n) is 13.8. The van der Waals surface area contributed by atoms with Gasteiger partial charge in [-0.15, -0.1) is 6.58 Å². The standard InChI is InChI=1S/C21H21NO2/c1-3-18-15-21(18,20(23)24-4-2)22-19(16-11-7-5-8-12-16)17-13-9-6-10-14-17/h3,5-14,18H,1,4,15H2,2H3/t18-,21-/m1/s1. The summed E-state index contributed by atoms with van der Waals surface area (Å²) in [6.07, 6.45) is 2.45. The molecule has 0 radical (unpaired) electrons. The molecule has 0 aromatic heterocycles. The molecule has 2 aromatic carbocycles. The van der Waals surface area contributed by atoms with E-state index >= 15 is 0 Å². The highest BCUT2D eigenvalue weighted by atomic mass is 16.5. The number of nitrogens with zero attached hydrogens (tertiary/aromatic N) is 1. The van der Waals surface area contributed by atoms with Crippen molar-refractivity contribution in [2.45, 2.75) is 18.9 Å². The molecule has 24 heavy (non-hydrogen) atoms. The highest BCUT2D eigenvalue weighted by Gasteiger charge is 2.60. The van der Waals surface area contributed by atoms with Gasteiger partial charge in [-0.2, -0.15) is 0 Å². The maximum absolute atomic E-state index is 12.5. The summed E-state index contributed by atoms with van der Waals surface area (Å²) in [5, 5.41) is 0. The van der Waals surface area contributed by atoms with Gasteiger partial charge in [-0.3, -0.25) is 4.99 Å². The molecule has 0 spiro atoms. The summed E-state index contributed by atoms with van der Waals surface area (Å²) >= 11 is 0. The molecule has 0 aliphatic heterocycles. The van der Waals surface area contributed by atoms with Crippen LogP contribution in [0.1, 0.15) is 24.5 Å². The van der Waals surface area contributed by atoms with Crippen LogP contribution >= 0.6 is 0 Å². The Morgan fingerprint density at radius 2 is 1.71 bits per heavy atom. The van der Waals surface area contributed by atoms with Gasteiger partial charge in [-0.25, -0.2) is 4.79 Å². The summed E-state index contributed by atoms with van der Waals surface area (Å²) in [5.74, 6) is -0.238. The van der Waals surface area contributed by atoms with E-state index in [2.05, 4.69) is 6.58 Å². The lowest BCUT2D eigenvalue weighted by atomic mass is 10.0. The van der Waals surface area contributed by atoms with Crippen molar-refractivity contribution in [3.8, 4) is 0 Å². The first-order chi connectivity index (χ1) is 11.7. The van der Waals surface area contributed by atoms with E-state index in [1.165, 1.54) is 0 Å². The lowest BCUT2D eigenvalue weighted by Gasteiger charge is -2.15. The number of esters is 1. The lowest BCUT2D eigenvalue weighted by molar-refractivity contribution is -0.146. The van der Waals surface area contributed by atoms with Crippen LogP contribution in [-0.2, 0) is 9.53 Å². The Morgan fingerprint density at radius 1 is 1.17 bits per heavy atom. The Kier molecular flexibility index (Phi) is 4.61. The highest BCUT2D eigenvalue weighted by Crippen LogP contribution is 2.49. The van der Waals surface area contributed by atoms with Crippen LogP contribution in [0.25, 0.3) is 0 Å². The van der Waals surface area contributed by atoms with E-state index < -0.39 is 5.54 Å². The predicted molar refractivity (Wildman–Crippen MR) is 96.2 cm³/mol. The molecule has 1 aliphatic rings. The molecular weight excluding hydrogens is 298 g/mol. The number of hydrogen-bond acceptors (Lipinski definition) is 3. The van der Waals surface area contributed by atoms with Crippen LogP contribution in [0.4, 0.5) is 0 Å². The molecule has 0 saturated heterocycles. The second-order valence-electron chi connectivity index (χ2n) is 5.88. The first-order valence-corrected chi connectivity index (χ1v) is 8.21. The molecule has 3 nitrogen and oxygen atoms in total. The van der Waals surface area contributed by atoms with Gasteiger partial charge >= 0.3 is 5.97 Å². The molecule has 1 saturated carbocycles. The Labute approximate surface area is 142 Å². The smallest absolute Gasteiger partial charge is 0.334 e. The highest BCUT2D eigenvalue weighted by molar-refractivity contribution is 6.14. The van der Waals surface area contributed by atoms with E-state index in [-0.39, 0.29) is 11.9 Å². The molecule has 122 valence electrons. The van der Waals surface area contributed by atoms with Crippen molar-refractivity contribution in [3.05, 3.63) is 84.4 Å². The van der Waals surface area contributed by atoms with E-state index in [4.69, 9.17) is 9.73 Å². The van der Waals surface area contributed by atoms with E-state index in [1.54, 1.807) is 6.08 Å². The van der Waals surface area contributed by atoms with Gasteiger partial charge in [0.2, 0.25) is 0 Å². The van der Waals surface area contributed by atoms with Gasteiger partial charge < -0.3 is 4.74 Å². The quantitative estimate of drug-likeness (QED) is 0.458. The summed E-state index contributed by atoms with van der Waals surface area (Å²) in [6.45, 7) is 6.00. The monoisotopic (exact) mass is 319 g/mol. The van der Waals surface area contributed by atoms with Gasteiger partial charge in [0.1, 0.15) is 0 Å². The second kappa shape index (κ2) is 6.83. The summed E-state index contributed by atoms with van der Waals surface area (Å²) < 4.78 is 5.28. The predicted octanol–water partition coefficient (Wildman–Crippen LogP) is 4.03. The Bertz CT molecular complexity index is 710. The number of benzene rings is 2. The van der Waals surface area contributed by atoms with Crippen LogP contribution in [0.5, 0.6) is 0 Å². The summed E-state index contributed by atoms with van der Waals surface area (Å²) in [7, 11) is 0. The molecule has 1 aliphatic carbocycles. The first-order valence-electron chi connectivity index (χ1n) is 8.21. The van der Waals surface area contributed by atoms with Crippen LogP contribution < -0.4 is 0 Å². The van der Waals surface area contributed by atoms with Crippen LogP contribution in [0.2, 0.25) is 0 Å². The third kappa shape index (κ3) is 3.02. The molecular formula is C21H21NO2. The van der Waals surface area contributed by atoms with Crippen molar-refractivity contribution < 1.29 is 9.53 Å². The molecule has 2 atom stereocenters. The van der Waals surface area contributed by atoms with Crippen LogP contribution in [-0.4, -0.2) is 23.8 Å². The lowest BCUT2D eigenvalue weighted by Crippen LogP contribution is -2.27. The minimum Gasteiger partial charge on any atom is -0.464 e. The van der Waals surface area contributed by atoms with Crippen molar-refractivity contribution in [2.24, 2.45) is 10.9 Å². The molecule has 3 rings (SSSR count). The summed E-state index contributed by atoms with van der Waals surface area (Å²) in [4.78, 5) is 17.4. The van der Waals surface area contributed by atoms with Crippen molar-refractivity contribution in [1.29, 1.82) is 0 Å². The van der Waals surface area contributed by atoms with E-state index in [1.807, 2.05) is 67.6 Å².